The summed E-state index contributed by atoms with van der Waals surface area (Å²) in [5, 5.41) is 29.2. The van der Waals surface area contributed by atoms with E-state index in [0.717, 1.165) is 34.9 Å². The van der Waals surface area contributed by atoms with Gasteiger partial charge in [-0.05, 0) is 44.0 Å². The van der Waals surface area contributed by atoms with E-state index in [1.165, 1.54) is 0 Å². The fraction of sp³-hybridized carbons (Fsp3) is 0.368. The predicted octanol–water partition coefficient (Wildman–Crippen LogP) is 2.70. The summed E-state index contributed by atoms with van der Waals surface area (Å²) in [4.78, 5) is 0. The fourth-order valence-corrected chi connectivity index (χ4v) is 4.30. The number of hydrogen-bond acceptors (Lipinski definition) is 5. The molecule has 2 aromatic heterocycles. The van der Waals surface area contributed by atoms with Crippen LogP contribution in [0.25, 0.3) is 22.1 Å². The van der Waals surface area contributed by atoms with Gasteiger partial charge < -0.3 is 5.11 Å². The molecule has 0 bridgehead atoms. The molecule has 1 aliphatic rings. The third-order valence-corrected chi connectivity index (χ3v) is 5.84. The monoisotopic (exact) mass is 348 g/mol. The van der Waals surface area contributed by atoms with Crippen molar-refractivity contribution < 1.29 is 5.11 Å². The van der Waals surface area contributed by atoms with Crippen molar-refractivity contribution in [3.63, 3.8) is 0 Å². The minimum atomic E-state index is -0.986. The summed E-state index contributed by atoms with van der Waals surface area (Å²) >= 11 is 0. The van der Waals surface area contributed by atoms with Crippen molar-refractivity contribution in [2.45, 2.75) is 43.9 Å². The molecule has 2 aromatic carbocycles. The van der Waals surface area contributed by atoms with Gasteiger partial charge in [-0.25, -0.2) is 9.36 Å². The molecule has 26 heavy (non-hydrogen) atoms. The van der Waals surface area contributed by atoms with Gasteiger partial charge in [-0.15, -0.1) is 10.2 Å². The molecule has 0 radical (unpaired) electrons. The summed E-state index contributed by atoms with van der Waals surface area (Å²) in [5.41, 5.74) is 1.41. The van der Waals surface area contributed by atoms with Crippen LogP contribution in [0.2, 0.25) is 0 Å². The summed E-state index contributed by atoms with van der Waals surface area (Å²) in [7, 11) is 0. The first kappa shape index (κ1) is 15.5. The molecule has 7 nitrogen and oxygen atoms in total. The van der Waals surface area contributed by atoms with Crippen molar-refractivity contribution in [3.8, 4) is 0 Å². The zero-order valence-corrected chi connectivity index (χ0v) is 14.6. The van der Waals surface area contributed by atoms with Crippen molar-refractivity contribution in [1.29, 1.82) is 0 Å². The summed E-state index contributed by atoms with van der Waals surface area (Å²) in [5.74, 6) is 0. The lowest BCUT2D eigenvalue weighted by Gasteiger charge is -2.42. The molecule has 0 unspecified atom stereocenters. The van der Waals surface area contributed by atoms with E-state index < -0.39 is 11.3 Å². The molecule has 1 fully saturated rings. The second-order valence-corrected chi connectivity index (χ2v) is 7.24. The highest BCUT2D eigenvalue weighted by molar-refractivity contribution is 5.76. The maximum Gasteiger partial charge on any atom is 0.184 e. The van der Waals surface area contributed by atoms with E-state index in [2.05, 4.69) is 20.6 Å². The number of fused-ring (bicyclic) bond motifs is 2. The van der Waals surface area contributed by atoms with Gasteiger partial charge in [-0.2, -0.15) is 0 Å². The molecule has 2 heterocycles. The Balaban J connectivity index is 1.85. The first-order valence-electron chi connectivity index (χ1n) is 8.98. The quantitative estimate of drug-likeness (QED) is 0.615. The molecule has 7 heteroatoms. The second-order valence-electron chi connectivity index (χ2n) is 7.24. The van der Waals surface area contributed by atoms with Gasteiger partial charge >= 0.3 is 0 Å². The summed E-state index contributed by atoms with van der Waals surface area (Å²) < 4.78 is 3.63. The Kier molecular flexibility index (Phi) is 3.18. The summed E-state index contributed by atoms with van der Waals surface area (Å²) in [6.07, 6.45) is 3.33. The number of nitrogens with zero attached hydrogens (tertiary/aromatic N) is 6. The average molecular weight is 348 g/mol. The van der Waals surface area contributed by atoms with Crippen LogP contribution in [0.4, 0.5) is 0 Å². The molecular formula is C19H20N6O. The third-order valence-electron chi connectivity index (χ3n) is 5.84. The van der Waals surface area contributed by atoms with Gasteiger partial charge in [0, 0.05) is 0 Å². The average Bonchev–Trinajstić information content (AvgIpc) is 3.39. The van der Waals surface area contributed by atoms with Crippen molar-refractivity contribution in [1.82, 2.24) is 30.0 Å². The molecule has 0 aliphatic heterocycles. The van der Waals surface area contributed by atoms with Gasteiger partial charge in [0.1, 0.15) is 16.6 Å². The number of hydrogen-bond donors (Lipinski definition) is 1. The third kappa shape index (κ3) is 1.92. The van der Waals surface area contributed by atoms with Crippen LogP contribution in [0, 0.1) is 0 Å². The first-order valence-corrected chi connectivity index (χ1v) is 8.98. The number of aliphatic hydroxyl groups is 1. The van der Waals surface area contributed by atoms with E-state index in [4.69, 9.17) is 0 Å². The molecular weight excluding hydrogens is 328 g/mol. The first-order chi connectivity index (χ1) is 12.6. The highest BCUT2D eigenvalue weighted by atomic mass is 16.3. The van der Waals surface area contributed by atoms with E-state index >= 15 is 0 Å². The van der Waals surface area contributed by atoms with Gasteiger partial charge in [-0.3, -0.25) is 0 Å². The lowest BCUT2D eigenvalue weighted by atomic mass is 9.86. The number of para-hydroxylation sites is 2. The molecule has 1 N–H and O–H groups in total. The number of rotatable bonds is 3. The van der Waals surface area contributed by atoms with Crippen LogP contribution < -0.4 is 0 Å². The Labute approximate surface area is 150 Å². The van der Waals surface area contributed by atoms with E-state index in [-0.39, 0.29) is 0 Å². The molecule has 4 aromatic rings. The lowest BCUT2D eigenvalue weighted by molar-refractivity contribution is -0.0868. The zero-order valence-electron chi connectivity index (χ0n) is 14.6. The molecule has 1 saturated carbocycles. The minimum Gasteiger partial charge on any atom is -0.385 e. The van der Waals surface area contributed by atoms with Crippen LogP contribution in [0.5, 0.6) is 0 Å². The van der Waals surface area contributed by atoms with Gasteiger partial charge in [0.15, 0.2) is 5.66 Å². The van der Waals surface area contributed by atoms with E-state index in [1.807, 2.05) is 64.8 Å². The van der Waals surface area contributed by atoms with Crippen LogP contribution >= 0.6 is 0 Å². The van der Waals surface area contributed by atoms with Gasteiger partial charge in [0.2, 0.25) is 0 Å². The predicted molar refractivity (Wildman–Crippen MR) is 97.5 cm³/mol. The molecule has 0 amide bonds. The standard InChI is InChI=1S/C19H20N6O/c1-18(19(26)12-6-7-13-19,24-16-10-4-2-8-14(16)20-22-24)25-17-11-5-3-9-15(17)21-23-25/h2-5,8-11,26H,6-7,12-13H2,1H3. The van der Waals surface area contributed by atoms with Crippen molar-refractivity contribution in [2.75, 3.05) is 0 Å². The summed E-state index contributed by atoms with van der Waals surface area (Å²) in [6, 6.07) is 15.6. The fourth-order valence-electron chi connectivity index (χ4n) is 4.30. The normalized spacial score (nSPS) is 17.3. The van der Waals surface area contributed by atoms with Crippen molar-refractivity contribution in [3.05, 3.63) is 48.5 Å². The largest absolute Gasteiger partial charge is 0.385 e. The van der Waals surface area contributed by atoms with Gasteiger partial charge in [0.25, 0.3) is 0 Å². The van der Waals surface area contributed by atoms with Crippen molar-refractivity contribution >= 4 is 22.1 Å². The Hall–Kier alpha value is -2.80. The maximum atomic E-state index is 11.7. The van der Waals surface area contributed by atoms with Crippen LogP contribution in [0.3, 0.4) is 0 Å². The highest BCUT2D eigenvalue weighted by Gasteiger charge is 2.54. The van der Waals surface area contributed by atoms with Gasteiger partial charge in [0.05, 0.1) is 11.0 Å². The molecule has 0 atom stereocenters. The molecule has 0 spiro atoms. The second kappa shape index (κ2) is 5.35. The van der Waals surface area contributed by atoms with Gasteiger partial charge in [-0.1, -0.05) is 47.5 Å². The van der Waals surface area contributed by atoms with Crippen LogP contribution in [-0.2, 0) is 5.66 Å². The van der Waals surface area contributed by atoms with Crippen LogP contribution in [0.15, 0.2) is 48.5 Å². The Morgan fingerprint density at radius 2 is 1.31 bits per heavy atom. The van der Waals surface area contributed by atoms with Crippen LogP contribution in [-0.4, -0.2) is 40.7 Å². The number of benzene rings is 2. The lowest BCUT2D eigenvalue weighted by Crippen LogP contribution is -2.57. The topological polar surface area (TPSA) is 81.7 Å². The zero-order chi connectivity index (χ0) is 17.8. The van der Waals surface area contributed by atoms with Crippen LogP contribution in [0.1, 0.15) is 32.6 Å². The highest BCUT2D eigenvalue weighted by Crippen LogP contribution is 2.44. The molecule has 5 rings (SSSR count). The molecule has 1 aliphatic carbocycles. The molecule has 132 valence electrons. The maximum absolute atomic E-state index is 11.7. The Bertz CT molecular complexity index is 1020. The minimum absolute atomic E-state index is 0.686. The van der Waals surface area contributed by atoms with E-state index in [9.17, 15) is 5.11 Å². The van der Waals surface area contributed by atoms with Crippen molar-refractivity contribution in [2.24, 2.45) is 0 Å². The Morgan fingerprint density at radius 1 is 0.846 bits per heavy atom. The number of aromatic nitrogens is 6. The van der Waals surface area contributed by atoms with E-state index in [0.29, 0.717) is 12.8 Å². The molecule has 0 saturated heterocycles. The summed E-state index contributed by atoms with van der Waals surface area (Å²) in [6.45, 7) is 1.99. The Morgan fingerprint density at radius 3 is 1.81 bits per heavy atom. The SMILES string of the molecule is CC(n1nnc2ccccc21)(n1nnc2ccccc21)C1(O)CCCC1. The smallest absolute Gasteiger partial charge is 0.184 e. The van der Waals surface area contributed by atoms with E-state index in [1.54, 1.807) is 0 Å².